The molecule has 1 aromatic heterocycles. The third-order valence-electron chi connectivity index (χ3n) is 2.65. The third-order valence-corrected chi connectivity index (χ3v) is 3.50. The van der Waals surface area contributed by atoms with Crippen molar-refractivity contribution in [1.29, 1.82) is 0 Å². The molecular weight excluding hydrogens is 242 g/mol. The molecule has 0 saturated heterocycles. The minimum absolute atomic E-state index is 0.164. The first-order valence-corrected chi connectivity index (χ1v) is 7.01. The van der Waals surface area contributed by atoms with Crippen molar-refractivity contribution >= 4 is 16.5 Å². The lowest BCUT2D eigenvalue weighted by atomic mass is 10.1. The average molecular weight is 261 g/mol. The fourth-order valence-corrected chi connectivity index (χ4v) is 2.42. The summed E-state index contributed by atoms with van der Waals surface area (Å²) < 4.78 is 0. The molecule has 0 fully saturated rings. The van der Waals surface area contributed by atoms with E-state index in [1.807, 2.05) is 6.92 Å². The van der Waals surface area contributed by atoms with E-state index in [4.69, 9.17) is 5.73 Å². The number of nitrogens with two attached hydrogens (primary N) is 1. The van der Waals surface area contributed by atoms with Crippen molar-refractivity contribution in [3.8, 4) is 0 Å². The summed E-state index contributed by atoms with van der Waals surface area (Å²) in [6.07, 6.45) is 0.836. The summed E-state index contributed by atoms with van der Waals surface area (Å²) >= 11 is 1.64. The number of nitrogens with one attached hydrogen (secondary N) is 1. The lowest BCUT2D eigenvalue weighted by molar-refractivity contribution is 0.726. The molecule has 0 amide bonds. The van der Waals surface area contributed by atoms with Crippen LogP contribution in [0.1, 0.15) is 23.7 Å². The van der Waals surface area contributed by atoms with Crippen molar-refractivity contribution in [3.05, 3.63) is 46.5 Å². The predicted octanol–water partition coefficient (Wildman–Crippen LogP) is 2.95. The summed E-state index contributed by atoms with van der Waals surface area (Å²) in [6.45, 7) is 4.91. The zero-order valence-electron chi connectivity index (χ0n) is 10.8. The molecule has 0 aliphatic carbocycles. The number of hydrogen-bond acceptors (Lipinski definition) is 4. The Bertz CT molecular complexity index is 488. The molecule has 18 heavy (non-hydrogen) atoms. The Balaban J connectivity index is 1.90. The van der Waals surface area contributed by atoms with E-state index in [0.29, 0.717) is 0 Å². The topological polar surface area (TPSA) is 50.9 Å². The fraction of sp³-hybridized carbons (Fsp3) is 0.357. The smallest absolute Gasteiger partial charge is 0.183 e. The van der Waals surface area contributed by atoms with Gasteiger partial charge in [0.15, 0.2) is 5.13 Å². The van der Waals surface area contributed by atoms with E-state index in [0.717, 1.165) is 23.8 Å². The van der Waals surface area contributed by atoms with Gasteiger partial charge in [-0.2, -0.15) is 0 Å². The normalized spacial score (nSPS) is 12.4. The molecule has 2 rings (SSSR count). The van der Waals surface area contributed by atoms with Gasteiger partial charge in [0, 0.05) is 24.4 Å². The van der Waals surface area contributed by atoms with Crippen molar-refractivity contribution in [3.63, 3.8) is 0 Å². The maximum absolute atomic E-state index is 5.76. The molecule has 0 saturated carbocycles. The highest BCUT2D eigenvalue weighted by atomic mass is 32.1. The number of hydrogen-bond donors (Lipinski definition) is 2. The molecule has 0 bridgehead atoms. The quantitative estimate of drug-likeness (QED) is 0.870. The summed E-state index contributed by atoms with van der Waals surface area (Å²) in [5, 5.41) is 6.37. The molecule has 3 nitrogen and oxygen atoms in total. The van der Waals surface area contributed by atoms with E-state index in [1.165, 1.54) is 11.1 Å². The molecule has 1 unspecified atom stereocenters. The van der Waals surface area contributed by atoms with Crippen LogP contribution < -0.4 is 11.1 Å². The predicted molar refractivity (Wildman–Crippen MR) is 78.0 cm³/mol. The molecule has 0 radical (unpaired) electrons. The van der Waals surface area contributed by atoms with E-state index < -0.39 is 0 Å². The van der Waals surface area contributed by atoms with Gasteiger partial charge >= 0.3 is 0 Å². The highest BCUT2D eigenvalue weighted by Crippen LogP contribution is 2.17. The van der Waals surface area contributed by atoms with Crippen LogP contribution in [0.3, 0.4) is 0 Å². The van der Waals surface area contributed by atoms with Gasteiger partial charge in [0.2, 0.25) is 0 Å². The lowest BCUT2D eigenvalue weighted by Gasteiger charge is -2.03. The van der Waals surface area contributed by atoms with Gasteiger partial charge in [-0.3, -0.25) is 0 Å². The van der Waals surface area contributed by atoms with Gasteiger partial charge in [-0.25, -0.2) is 4.98 Å². The van der Waals surface area contributed by atoms with E-state index >= 15 is 0 Å². The molecule has 4 heteroatoms. The number of benzene rings is 1. The summed E-state index contributed by atoms with van der Waals surface area (Å²) in [5.41, 5.74) is 9.38. The highest BCUT2D eigenvalue weighted by molar-refractivity contribution is 7.13. The molecular formula is C14H19N3S. The molecule has 3 N–H and O–H groups in total. The van der Waals surface area contributed by atoms with Crippen LogP contribution >= 0.6 is 11.3 Å². The zero-order chi connectivity index (χ0) is 13.0. The second-order valence-corrected chi connectivity index (χ2v) is 5.52. The maximum Gasteiger partial charge on any atom is 0.183 e. The number of rotatable bonds is 5. The van der Waals surface area contributed by atoms with Crippen LogP contribution in [0.2, 0.25) is 0 Å². The van der Waals surface area contributed by atoms with Gasteiger partial charge < -0.3 is 11.1 Å². The molecule has 1 heterocycles. The van der Waals surface area contributed by atoms with Crippen LogP contribution in [0.15, 0.2) is 29.6 Å². The van der Waals surface area contributed by atoms with Crippen molar-refractivity contribution in [2.45, 2.75) is 32.9 Å². The lowest BCUT2D eigenvalue weighted by Crippen LogP contribution is -2.17. The van der Waals surface area contributed by atoms with Crippen molar-refractivity contribution in [1.82, 2.24) is 4.98 Å². The Kier molecular flexibility index (Phi) is 4.33. The third kappa shape index (κ3) is 3.82. The monoisotopic (exact) mass is 261 g/mol. The van der Waals surface area contributed by atoms with Gasteiger partial charge in [-0.15, -0.1) is 11.3 Å². The average Bonchev–Trinajstić information content (AvgIpc) is 2.75. The number of aromatic nitrogens is 1. The van der Waals surface area contributed by atoms with Crippen LogP contribution in [0.4, 0.5) is 5.13 Å². The summed E-state index contributed by atoms with van der Waals surface area (Å²) in [7, 11) is 0. The summed E-state index contributed by atoms with van der Waals surface area (Å²) in [5.74, 6) is 0. The first-order chi connectivity index (χ1) is 8.63. The van der Waals surface area contributed by atoms with Crippen LogP contribution in [0, 0.1) is 6.92 Å². The Hall–Kier alpha value is -1.39. The number of aryl methyl sites for hydroxylation is 1. The van der Waals surface area contributed by atoms with Crippen molar-refractivity contribution < 1.29 is 0 Å². The van der Waals surface area contributed by atoms with Crippen molar-refractivity contribution in [2.24, 2.45) is 5.73 Å². The second kappa shape index (κ2) is 5.98. The Morgan fingerprint density at radius 3 is 2.72 bits per heavy atom. The minimum Gasteiger partial charge on any atom is -0.357 e. The first kappa shape index (κ1) is 13.1. The second-order valence-electron chi connectivity index (χ2n) is 4.66. The molecule has 96 valence electrons. The summed E-state index contributed by atoms with van der Waals surface area (Å²) in [6, 6.07) is 8.69. The standard InChI is InChI=1S/C14H19N3S/c1-10-3-5-12(6-4-10)8-16-14-17-13(9-18-14)7-11(2)15/h3-6,9,11H,7-8,15H2,1-2H3,(H,16,17). The Labute approximate surface area is 112 Å². The van der Waals surface area contributed by atoms with Crippen molar-refractivity contribution in [2.75, 3.05) is 5.32 Å². The van der Waals surface area contributed by atoms with Gasteiger partial charge in [-0.05, 0) is 19.4 Å². The maximum atomic E-state index is 5.76. The summed E-state index contributed by atoms with van der Waals surface area (Å²) in [4.78, 5) is 4.51. The Morgan fingerprint density at radius 2 is 2.06 bits per heavy atom. The molecule has 1 atom stereocenters. The van der Waals surface area contributed by atoms with E-state index in [-0.39, 0.29) is 6.04 Å². The van der Waals surface area contributed by atoms with Crippen LogP contribution in [0.25, 0.3) is 0 Å². The van der Waals surface area contributed by atoms with Crippen LogP contribution in [-0.2, 0) is 13.0 Å². The number of anilines is 1. The first-order valence-electron chi connectivity index (χ1n) is 6.13. The molecule has 1 aromatic carbocycles. The number of nitrogens with zero attached hydrogens (tertiary/aromatic N) is 1. The molecule has 0 spiro atoms. The van der Waals surface area contributed by atoms with E-state index in [1.54, 1.807) is 11.3 Å². The highest BCUT2D eigenvalue weighted by Gasteiger charge is 2.04. The van der Waals surface area contributed by atoms with Gasteiger partial charge in [0.25, 0.3) is 0 Å². The molecule has 0 aliphatic heterocycles. The largest absolute Gasteiger partial charge is 0.357 e. The zero-order valence-corrected chi connectivity index (χ0v) is 11.6. The Morgan fingerprint density at radius 1 is 1.33 bits per heavy atom. The van der Waals surface area contributed by atoms with Gasteiger partial charge in [-0.1, -0.05) is 29.8 Å². The van der Waals surface area contributed by atoms with E-state index in [2.05, 4.69) is 46.9 Å². The SMILES string of the molecule is Cc1ccc(CNc2nc(CC(C)N)cs2)cc1. The van der Waals surface area contributed by atoms with E-state index in [9.17, 15) is 0 Å². The number of thiazole rings is 1. The molecule has 0 aliphatic rings. The molecule has 2 aromatic rings. The van der Waals surface area contributed by atoms with Gasteiger partial charge in [0.1, 0.15) is 0 Å². The minimum atomic E-state index is 0.164. The van der Waals surface area contributed by atoms with Crippen LogP contribution in [0.5, 0.6) is 0 Å². The van der Waals surface area contributed by atoms with Gasteiger partial charge in [0.05, 0.1) is 5.69 Å². The van der Waals surface area contributed by atoms with Crippen LogP contribution in [-0.4, -0.2) is 11.0 Å². The fourth-order valence-electron chi connectivity index (χ4n) is 1.70.